The van der Waals surface area contributed by atoms with Crippen molar-refractivity contribution in [3.05, 3.63) is 29.3 Å². The lowest BCUT2D eigenvalue weighted by atomic mass is 9.90. The SMILES string of the molecule is COCc1cc(C(=O)OC)cc(S(=O)(=O)N2CCC(C)(C(=O)O)C2)c1. The first-order chi connectivity index (χ1) is 11.6. The molecule has 0 amide bonds. The molecule has 138 valence electrons. The van der Waals surface area contributed by atoms with E-state index in [9.17, 15) is 23.1 Å². The number of esters is 1. The van der Waals surface area contributed by atoms with Crippen LogP contribution in [-0.2, 0) is 30.9 Å². The molecule has 1 saturated heterocycles. The third kappa shape index (κ3) is 3.83. The molecule has 2 rings (SSSR count). The lowest BCUT2D eigenvalue weighted by Gasteiger charge is -2.20. The second-order valence-electron chi connectivity index (χ2n) is 6.24. The molecule has 1 heterocycles. The number of methoxy groups -OCH3 is 2. The number of carboxylic acids is 1. The van der Waals surface area contributed by atoms with Gasteiger partial charge in [-0.3, -0.25) is 4.79 Å². The van der Waals surface area contributed by atoms with E-state index >= 15 is 0 Å². The summed E-state index contributed by atoms with van der Waals surface area (Å²) in [6, 6.07) is 4.15. The molecule has 1 aromatic carbocycles. The van der Waals surface area contributed by atoms with Crippen LogP contribution in [0.25, 0.3) is 0 Å². The van der Waals surface area contributed by atoms with Gasteiger partial charge in [-0.2, -0.15) is 4.31 Å². The second kappa shape index (κ2) is 7.11. The molecule has 0 aliphatic carbocycles. The Morgan fingerprint density at radius 3 is 2.48 bits per heavy atom. The summed E-state index contributed by atoms with van der Waals surface area (Å²) in [6.45, 7) is 1.63. The van der Waals surface area contributed by atoms with Gasteiger partial charge in [-0.05, 0) is 37.1 Å². The van der Waals surface area contributed by atoms with Gasteiger partial charge in [-0.15, -0.1) is 0 Å². The molecule has 0 bridgehead atoms. The number of benzene rings is 1. The zero-order valence-corrected chi connectivity index (χ0v) is 15.1. The molecule has 1 aliphatic rings. The predicted octanol–water partition coefficient (Wildman–Crippen LogP) is 1.10. The van der Waals surface area contributed by atoms with Gasteiger partial charge >= 0.3 is 11.9 Å². The number of aliphatic carboxylic acids is 1. The van der Waals surface area contributed by atoms with Crippen molar-refractivity contribution in [1.29, 1.82) is 0 Å². The van der Waals surface area contributed by atoms with Crippen molar-refractivity contribution in [3.63, 3.8) is 0 Å². The van der Waals surface area contributed by atoms with Crippen molar-refractivity contribution in [2.45, 2.75) is 24.8 Å². The van der Waals surface area contributed by atoms with Crippen LogP contribution in [-0.4, -0.2) is 57.1 Å². The number of hydrogen-bond acceptors (Lipinski definition) is 6. The monoisotopic (exact) mass is 371 g/mol. The van der Waals surface area contributed by atoms with E-state index in [1.54, 1.807) is 0 Å². The molecule has 1 atom stereocenters. The van der Waals surface area contributed by atoms with Crippen molar-refractivity contribution in [2.75, 3.05) is 27.3 Å². The Bertz CT molecular complexity index is 790. The smallest absolute Gasteiger partial charge is 0.337 e. The molecule has 1 aromatic rings. The van der Waals surface area contributed by atoms with Crippen molar-refractivity contribution in [1.82, 2.24) is 4.31 Å². The minimum absolute atomic E-state index is 0.0860. The van der Waals surface area contributed by atoms with E-state index in [-0.39, 0.29) is 36.6 Å². The number of carbonyl (C=O) groups is 2. The van der Waals surface area contributed by atoms with Crippen LogP contribution in [0.15, 0.2) is 23.1 Å². The summed E-state index contributed by atoms with van der Waals surface area (Å²) in [4.78, 5) is 23.1. The molecule has 9 heteroatoms. The van der Waals surface area contributed by atoms with E-state index in [0.29, 0.717) is 5.56 Å². The van der Waals surface area contributed by atoms with Crippen molar-refractivity contribution >= 4 is 22.0 Å². The fourth-order valence-electron chi connectivity index (χ4n) is 2.74. The summed E-state index contributed by atoms with van der Waals surface area (Å²) < 4.78 is 36.6. The second-order valence-corrected chi connectivity index (χ2v) is 8.18. The lowest BCUT2D eigenvalue weighted by Crippen LogP contribution is -2.35. The van der Waals surface area contributed by atoms with Gasteiger partial charge in [0.05, 0.1) is 29.6 Å². The predicted molar refractivity (Wildman–Crippen MR) is 87.6 cm³/mol. The average Bonchev–Trinajstić information content (AvgIpc) is 2.99. The summed E-state index contributed by atoms with van der Waals surface area (Å²) in [5.74, 6) is -1.69. The molecule has 0 aromatic heterocycles. The maximum Gasteiger partial charge on any atom is 0.337 e. The van der Waals surface area contributed by atoms with E-state index in [1.807, 2.05) is 0 Å². The number of hydrogen-bond donors (Lipinski definition) is 1. The van der Waals surface area contributed by atoms with Gasteiger partial charge in [0, 0.05) is 20.2 Å². The van der Waals surface area contributed by atoms with Crippen LogP contribution < -0.4 is 0 Å². The standard InChI is InChI=1S/C16H21NO7S/c1-16(15(19)20)4-5-17(10-16)25(21,22)13-7-11(9-23-2)6-12(8-13)14(18)24-3/h6-8H,4-5,9-10H2,1-3H3,(H,19,20). The molecule has 0 radical (unpaired) electrons. The van der Waals surface area contributed by atoms with Crippen LogP contribution in [0.2, 0.25) is 0 Å². The Morgan fingerprint density at radius 2 is 1.96 bits per heavy atom. The molecule has 1 unspecified atom stereocenters. The highest BCUT2D eigenvalue weighted by Gasteiger charge is 2.45. The van der Waals surface area contributed by atoms with Gasteiger partial charge in [0.2, 0.25) is 10.0 Å². The first-order valence-electron chi connectivity index (χ1n) is 7.59. The molecule has 0 saturated carbocycles. The maximum atomic E-state index is 12.9. The van der Waals surface area contributed by atoms with Gasteiger partial charge in [-0.1, -0.05) is 0 Å². The van der Waals surface area contributed by atoms with Gasteiger partial charge in [0.15, 0.2) is 0 Å². The van der Waals surface area contributed by atoms with Gasteiger partial charge in [-0.25, -0.2) is 13.2 Å². The van der Waals surface area contributed by atoms with Gasteiger partial charge in [0.25, 0.3) is 0 Å². The number of rotatable bonds is 6. The van der Waals surface area contributed by atoms with E-state index in [4.69, 9.17) is 4.74 Å². The Balaban J connectivity index is 2.43. The Hall–Kier alpha value is -1.97. The maximum absolute atomic E-state index is 12.9. The zero-order valence-electron chi connectivity index (χ0n) is 14.3. The topological polar surface area (TPSA) is 110 Å². The first-order valence-corrected chi connectivity index (χ1v) is 9.03. The van der Waals surface area contributed by atoms with Crippen LogP contribution >= 0.6 is 0 Å². The molecule has 1 aliphatic heterocycles. The fourth-order valence-corrected chi connectivity index (χ4v) is 4.40. The summed E-state index contributed by atoms with van der Waals surface area (Å²) in [5.41, 5.74) is -0.525. The highest BCUT2D eigenvalue weighted by atomic mass is 32.2. The van der Waals surface area contributed by atoms with Crippen LogP contribution in [0, 0.1) is 5.41 Å². The third-order valence-electron chi connectivity index (χ3n) is 4.29. The summed E-state index contributed by atoms with van der Waals surface area (Å²) in [7, 11) is -1.28. The zero-order chi connectivity index (χ0) is 18.8. The van der Waals surface area contributed by atoms with Gasteiger partial charge < -0.3 is 14.6 Å². The highest BCUT2D eigenvalue weighted by molar-refractivity contribution is 7.89. The Labute approximate surface area is 146 Å². The molecular weight excluding hydrogens is 350 g/mol. The van der Waals surface area contributed by atoms with Crippen molar-refractivity contribution in [3.8, 4) is 0 Å². The highest BCUT2D eigenvalue weighted by Crippen LogP contribution is 2.34. The van der Waals surface area contributed by atoms with Gasteiger partial charge in [0.1, 0.15) is 0 Å². The van der Waals surface area contributed by atoms with E-state index in [2.05, 4.69) is 4.74 Å². The molecule has 8 nitrogen and oxygen atoms in total. The first kappa shape index (κ1) is 19.4. The van der Waals surface area contributed by atoms with E-state index < -0.39 is 27.4 Å². The lowest BCUT2D eigenvalue weighted by molar-refractivity contribution is -0.146. The summed E-state index contributed by atoms with van der Waals surface area (Å²) in [6.07, 6.45) is 0.225. The third-order valence-corrected chi connectivity index (χ3v) is 6.11. The molecule has 1 fully saturated rings. The normalized spacial score (nSPS) is 21.2. The number of carbonyl (C=O) groups excluding carboxylic acids is 1. The minimum atomic E-state index is -3.94. The molecule has 0 spiro atoms. The minimum Gasteiger partial charge on any atom is -0.481 e. The van der Waals surface area contributed by atoms with Crippen molar-refractivity contribution < 1.29 is 32.6 Å². The number of ether oxygens (including phenoxy) is 2. The largest absolute Gasteiger partial charge is 0.481 e. The number of nitrogens with zero attached hydrogens (tertiary/aromatic N) is 1. The number of sulfonamides is 1. The van der Waals surface area contributed by atoms with Crippen molar-refractivity contribution in [2.24, 2.45) is 5.41 Å². The molecule has 1 N–H and O–H groups in total. The average molecular weight is 371 g/mol. The van der Waals surface area contributed by atoms with E-state index in [0.717, 1.165) is 4.31 Å². The number of carboxylic acid groups (broad SMARTS) is 1. The molecule has 25 heavy (non-hydrogen) atoms. The summed E-state index contributed by atoms with van der Waals surface area (Å²) in [5, 5.41) is 9.29. The van der Waals surface area contributed by atoms with Crippen LogP contribution in [0.4, 0.5) is 0 Å². The van der Waals surface area contributed by atoms with Crippen LogP contribution in [0.5, 0.6) is 0 Å². The molecular formula is C16H21NO7S. The van der Waals surface area contributed by atoms with Crippen LogP contribution in [0.3, 0.4) is 0 Å². The summed E-state index contributed by atoms with van der Waals surface area (Å²) >= 11 is 0. The quantitative estimate of drug-likeness (QED) is 0.746. The Morgan fingerprint density at radius 1 is 1.28 bits per heavy atom. The fraction of sp³-hybridized carbons (Fsp3) is 0.500. The Kier molecular flexibility index (Phi) is 5.50. The van der Waals surface area contributed by atoms with E-state index in [1.165, 1.54) is 39.3 Å². The van der Waals surface area contributed by atoms with Crippen LogP contribution in [0.1, 0.15) is 29.3 Å².